The lowest BCUT2D eigenvalue weighted by Gasteiger charge is -2.40. The molecule has 108 valence electrons. The molecule has 5 heteroatoms. The van der Waals surface area contributed by atoms with Gasteiger partial charge < -0.3 is 5.32 Å². The highest BCUT2D eigenvalue weighted by molar-refractivity contribution is 7.80. The molecule has 2 atom stereocenters. The highest BCUT2D eigenvalue weighted by Crippen LogP contribution is 2.46. The summed E-state index contributed by atoms with van der Waals surface area (Å²) in [6, 6.07) is 6.23. The van der Waals surface area contributed by atoms with Gasteiger partial charge in [-0.15, -0.1) is 11.3 Å². The van der Waals surface area contributed by atoms with Crippen molar-refractivity contribution in [1.29, 1.82) is 5.26 Å². The first-order valence-electron chi connectivity index (χ1n) is 6.93. The Bertz CT molecular complexity index is 680. The number of nitrogens with one attached hydrogen (secondary N) is 1. The minimum Gasteiger partial charge on any atom is -0.352 e. The van der Waals surface area contributed by atoms with E-state index in [2.05, 4.69) is 25.2 Å². The van der Waals surface area contributed by atoms with Crippen molar-refractivity contribution in [3.63, 3.8) is 0 Å². The minimum absolute atomic E-state index is 0.0575. The zero-order valence-electron chi connectivity index (χ0n) is 12.0. The lowest BCUT2D eigenvalue weighted by atomic mass is 9.69. The van der Waals surface area contributed by atoms with Crippen LogP contribution in [0.25, 0.3) is 0 Å². The number of thiophene rings is 1. The summed E-state index contributed by atoms with van der Waals surface area (Å²) in [5, 5.41) is 14.7. The number of thiocarbonyl (C=S) groups is 1. The second-order valence-corrected chi connectivity index (χ2v) is 7.84. The summed E-state index contributed by atoms with van der Waals surface area (Å²) in [6.45, 7) is 4.19. The molecule has 0 unspecified atom stereocenters. The maximum atomic E-state index is 12.7. The molecule has 0 amide bonds. The van der Waals surface area contributed by atoms with Gasteiger partial charge in [0.05, 0.1) is 11.1 Å². The van der Waals surface area contributed by atoms with E-state index in [9.17, 15) is 10.1 Å². The van der Waals surface area contributed by atoms with Crippen LogP contribution in [0, 0.1) is 22.7 Å². The number of allylic oxidation sites excluding steroid dienone is 2. The van der Waals surface area contributed by atoms with Crippen molar-refractivity contribution in [1.82, 2.24) is 5.32 Å². The van der Waals surface area contributed by atoms with Gasteiger partial charge in [-0.2, -0.15) is 5.26 Å². The topological polar surface area (TPSA) is 52.9 Å². The molecule has 0 bridgehead atoms. The SMILES string of the molecule is CC1(C)CC(=O)C2=C(C1)NC(=S)[C@H](C#N)[C@@H]2c1cccs1. The van der Waals surface area contributed by atoms with E-state index in [0.717, 1.165) is 22.6 Å². The van der Waals surface area contributed by atoms with Crippen molar-refractivity contribution in [3.8, 4) is 6.07 Å². The van der Waals surface area contributed by atoms with E-state index in [4.69, 9.17) is 12.2 Å². The zero-order chi connectivity index (χ0) is 15.2. The van der Waals surface area contributed by atoms with E-state index in [0.29, 0.717) is 11.4 Å². The molecule has 0 fully saturated rings. The first kappa shape index (κ1) is 14.4. The smallest absolute Gasteiger partial charge is 0.161 e. The molecule has 1 aliphatic heterocycles. The predicted octanol–water partition coefficient (Wildman–Crippen LogP) is 3.55. The summed E-state index contributed by atoms with van der Waals surface area (Å²) in [5.41, 5.74) is 1.64. The van der Waals surface area contributed by atoms with Gasteiger partial charge in [0.2, 0.25) is 0 Å². The average molecular weight is 316 g/mol. The quantitative estimate of drug-likeness (QED) is 0.805. The van der Waals surface area contributed by atoms with Crippen molar-refractivity contribution >= 4 is 34.3 Å². The van der Waals surface area contributed by atoms with Gasteiger partial charge >= 0.3 is 0 Å². The molecule has 0 saturated heterocycles. The molecular weight excluding hydrogens is 300 g/mol. The Morgan fingerprint density at radius 2 is 2.24 bits per heavy atom. The molecule has 1 aromatic heterocycles. The Hall–Kier alpha value is -1.51. The van der Waals surface area contributed by atoms with Gasteiger partial charge in [-0.1, -0.05) is 32.1 Å². The molecule has 0 radical (unpaired) electrons. The number of ketones is 1. The van der Waals surface area contributed by atoms with Crippen LogP contribution in [0.5, 0.6) is 0 Å². The van der Waals surface area contributed by atoms with E-state index in [1.807, 2.05) is 17.5 Å². The predicted molar refractivity (Wildman–Crippen MR) is 86.9 cm³/mol. The summed E-state index contributed by atoms with van der Waals surface area (Å²) in [7, 11) is 0. The maximum absolute atomic E-state index is 12.7. The van der Waals surface area contributed by atoms with E-state index in [1.165, 1.54) is 0 Å². The number of rotatable bonds is 1. The average Bonchev–Trinajstić information content (AvgIpc) is 2.88. The monoisotopic (exact) mass is 316 g/mol. The van der Waals surface area contributed by atoms with Crippen LogP contribution in [0.2, 0.25) is 0 Å². The second kappa shape index (κ2) is 5.04. The second-order valence-electron chi connectivity index (χ2n) is 6.42. The fourth-order valence-electron chi connectivity index (χ4n) is 3.26. The number of carbonyl (C=O) groups excluding carboxylic acids is 1. The van der Waals surface area contributed by atoms with Gasteiger partial charge in [0.15, 0.2) is 5.78 Å². The van der Waals surface area contributed by atoms with Crippen molar-refractivity contribution < 1.29 is 4.79 Å². The van der Waals surface area contributed by atoms with Gasteiger partial charge in [0.1, 0.15) is 5.92 Å². The Kier molecular flexibility index (Phi) is 3.46. The maximum Gasteiger partial charge on any atom is 0.161 e. The summed E-state index contributed by atoms with van der Waals surface area (Å²) in [4.78, 5) is 14.3. The van der Waals surface area contributed by atoms with Crippen LogP contribution in [0.3, 0.4) is 0 Å². The third-order valence-corrected chi connectivity index (χ3v) is 5.42. The molecule has 1 N–H and O–H groups in total. The van der Waals surface area contributed by atoms with Gasteiger partial charge in [0.25, 0.3) is 0 Å². The van der Waals surface area contributed by atoms with E-state index in [-0.39, 0.29) is 17.1 Å². The fourth-order valence-corrected chi connectivity index (χ4v) is 4.44. The molecular formula is C16H16N2OS2. The van der Waals surface area contributed by atoms with E-state index < -0.39 is 5.92 Å². The first-order chi connectivity index (χ1) is 9.93. The van der Waals surface area contributed by atoms with Gasteiger partial charge in [0, 0.05) is 28.5 Å². The zero-order valence-corrected chi connectivity index (χ0v) is 13.6. The summed E-state index contributed by atoms with van der Waals surface area (Å²) >= 11 is 6.97. The van der Waals surface area contributed by atoms with Crippen LogP contribution in [0.15, 0.2) is 28.8 Å². The molecule has 0 aromatic carbocycles. The van der Waals surface area contributed by atoms with Gasteiger partial charge in [-0.05, 0) is 23.3 Å². The largest absolute Gasteiger partial charge is 0.352 e. The number of Topliss-reactive ketones (excluding diaryl/α,β-unsaturated/α-hetero) is 1. The van der Waals surface area contributed by atoms with Gasteiger partial charge in [-0.25, -0.2) is 0 Å². The Labute approximate surface area is 133 Å². The van der Waals surface area contributed by atoms with Crippen LogP contribution < -0.4 is 5.32 Å². The molecule has 2 heterocycles. The Morgan fingerprint density at radius 1 is 1.48 bits per heavy atom. The van der Waals surface area contributed by atoms with E-state index in [1.54, 1.807) is 11.3 Å². The Balaban J connectivity index is 2.16. The van der Waals surface area contributed by atoms with Crippen molar-refractivity contribution in [2.45, 2.75) is 32.6 Å². The Morgan fingerprint density at radius 3 is 2.86 bits per heavy atom. The molecule has 3 nitrogen and oxygen atoms in total. The van der Waals surface area contributed by atoms with Gasteiger partial charge in [-0.3, -0.25) is 4.79 Å². The summed E-state index contributed by atoms with van der Waals surface area (Å²) in [5.74, 6) is -0.514. The van der Waals surface area contributed by atoms with Crippen molar-refractivity contribution in [3.05, 3.63) is 33.7 Å². The molecule has 1 aliphatic carbocycles. The van der Waals surface area contributed by atoms with Crippen LogP contribution >= 0.6 is 23.6 Å². The lowest BCUT2D eigenvalue weighted by Crippen LogP contribution is -2.44. The standard InChI is InChI=1S/C16H16N2OS2/c1-16(2)6-10-14(11(19)7-16)13(12-4-3-5-21-12)9(8-17)15(20)18-10/h3-5,9,13H,6-7H2,1-2H3,(H,18,20)/t9-,13-/m1/s1. The minimum atomic E-state index is -0.456. The normalized spacial score (nSPS) is 27.9. The van der Waals surface area contributed by atoms with Crippen molar-refractivity contribution in [2.24, 2.45) is 11.3 Å². The number of nitriles is 1. The van der Waals surface area contributed by atoms with E-state index >= 15 is 0 Å². The number of hydrogen-bond donors (Lipinski definition) is 1. The molecule has 21 heavy (non-hydrogen) atoms. The number of nitrogens with zero attached hydrogens (tertiary/aromatic N) is 1. The molecule has 3 rings (SSSR count). The van der Waals surface area contributed by atoms with Crippen LogP contribution in [0.4, 0.5) is 0 Å². The summed E-state index contributed by atoms with van der Waals surface area (Å²) in [6.07, 6.45) is 1.33. The number of hydrogen-bond acceptors (Lipinski definition) is 4. The molecule has 0 saturated carbocycles. The van der Waals surface area contributed by atoms with Crippen LogP contribution in [-0.4, -0.2) is 10.8 Å². The first-order valence-corrected chi connectivity index (χ1v) is 8.22. The highest BCUT2D eigenvalue weighted by atomic mass is 32.1. The molecule has 2 aliphatic rings. The highest BCUT2D eigenvalue weighted by Gasteiger charge is 2.44. The summed E-state index contributed by atoms with van der Waals surface area (Å²) < 4.78 is 0. The fraction of sp³-hybridized carbons (Fsp3) is 0.438. The molecule has 1 aromatic rings. The third-order valence-electron chi connectivity index (χ3n) is 4.11. The van der Waals surface area contributed by atoms with Crippen LogP contribution in [0.1, 0.15) is 37.5 Å². The van der Waals surface area contributed by atoms with Crippen LogP contribution in [-0.2, 0) is 4.79 Å². The van der Waals surface area contributed by atoms with Crippen molar-refractivity contribution in [2.75, 3.05) is 0 Å². The lowest BCUT2D eigenvalue weighted by molar-refractivity contribution is -0.118. The third kappa shape index (κ3) is 2.43. The molecule has 0 spiro atoms. The number of carbonyl (C=O) groups is 1.